The zero-order valence-electron chi connectivity index (χ0n) is 6.92. The maximum atomic E-state index is 5.43. The lowest BCUT2D eigenvalue weighted by Gasteiger charge is -2.01. The van der Waals surface area contributed by atoms with E-state index in [0.29, 0.717) is 5.88 Å². The van der Waals surface area contributed by atoms with Gasteiger partial charge in [0, 0.05) is 24.7 Å². The Hall–Kier alpha value is -1.90. The van der Waals surface area contributed by atoms with E-state index >= 15 is 0 Å². The molecular weight excluding hydrogens is 164 g/mol. The van der Waals surface area contributed by atoms with Crippen molar-refractivity contribution in [2.75, 3.05) is 0 Å². The van der Waals surface area contributed by atoms with Crippen LogP contribution in [0.15, 0.2) is 48.9 Å². The predicted octanol–water partition coefficient (Wildman–Crippen LogP) is 2.27. The van der Waals surface area contributed by atoms with E-state index in [2.05, 4.69) is 9.97 Å². The van der Waals surface area contributed by atoms with Crippen LogP contribution in [0.3, 0.4) is 0 Å². The van der Waals surface area contributed by atoms with E-state index in [-0.39, 0.29) is 0 Å². The van der Waals surface area contributed by atoms with Crippen molar-refractivity contribution in [2.24, 2.45) is 0 Å². The van der Waals surface area contributed by atoms with Crippen LogP contribution >= 0.6 is 0 Å². The van der Waals surface area contributed by atoms with Gasteiger partial charge in [0.1, 0.15) is 5.75 Å². The lowest BCUT2D eigenvalue weighted by molar-refractivity contribution is 0.462. The predicted molar refractivity (Wildman–Crippen MR) is 48.5 cm³/mol. The average Bonchev–Trinajstić information content (AvgIpc) is 2.21. The van der Waals surface area contributed by atoms with Gasteiger partial charge in [0.25, 0.3) is 0 Å². The van der Waals surface area contributed by atoms with Crippen LogP contribution in [0.2, 0.25) is 0 Å². The summed E-state index contributed by atoms with van der Waals surface area (Å²) in [6, 6.07) is 9.10. The van der Waals surface area contributed by atoms with Crippen molar-refractivity contribution >= 4 is 0 Å². The summed E-state index contributed by atoms with van der Waals surface area (Å²) in [6.07, 6.45) is 5.05. The molecule has 2 rings (SSSR count). The van der Waals surface area contributed by atoms with E-state index in [1.54, 1.807) is 36.8 Å². The summed E-state index contributed by atoms with van der Waals surface area (Å²) < 4.78 is 5.43. The van der Waals surface area contributed by atoms with Gasteiger partial charge in [-0.05, 0) is 18.2 Å². The molecule has 0 unspecified atom stereocenters. The fraction of sp³-hybridized carbons (Fsp3) is 0. The highest BCUT2D eigenvalue weighted by molar-refractivity contribution is 5.23. The van der Waals surface area contributed by atoms with E-state index < -0.39 is 0 Å². The molecule has 13 heavy (non-hydrogen) atoms. The highest BCUT2D eigenvalue weighted by atomic mass is 16.5. The van der Waals surface area contributed by atoms with Crippen molar-refractivity contribution in [3.8, 4) is 11.6 Å². The molecule has 0 N–H and O–H groups in total. The Morgan fingerprint density at radius 2 is 1.77 bits per heavy atom. The molecule has 0 aliphatic heterocycles. The molecular formula is C10H8N2O. The topological polar surface area (TPSA) is 35.0 Å². The zero-order chi connectivity index (χ0) is 8.93. The molecule has 3 nitrogen and oxygen atoms in total. The van der Waals surface area contributed by atoms with Gasteiger partial charge in [-0.3, -0.25) is 4.98 Å². The molecule has 0 spiro atoms. The second kappa shape index (κ2) is 3.67. The number of pyridine rings is 2. The Bertz CT molecular complexity index is 324. The first-order valence-corrected chi connectivity index (χ1v) is 3.94. The summed E-state index contributed by atoms with van der Waals surface area (Å²) in [5, 5.41) is 0. The van der Waals surface area contributed by atoms with Gasteiger partial charge >= 0.3 is 0 Å². The third-order valence-electron chi connectivity index (χ3n) is 1.51. The summed E-state index contributed by atoms with van der Waals surface area (Å²) in [5.74, 6) is 1.34. The summed E-state index contributed by atoms with van der Waals surface area (Å²) in [6.45, 7) is 0. The lowest BCUT2D eigenvalue weighted by Crippen LogP contribution is -1.85. The van der Waals surface area contributed by atoms with Gasteiger partial charge in [0.2, 0.25) is 5.88 Å². The van der Waals surface area contributed by atoms with Crippen LogP contribution in [-0.2, 0) is 0 Å². The Kier molecular flexibility index (Phi) is 2.18. The molecule has 0 amide bonds. The third kappa shape index (κ3) is 2.02. The second-order valence-corrected chi connectivity index (χ2v) is 2.45. The maximum Gasteiger partial charge on any atom is 0.219 e. The fourth-order valence-corrected chi connectivity index (χ4v) is 0.934. The highest BCUT2D eigenvalue weighted by Crippen LogP contribution is 2.16. The van der Waals surface area contributed by atoms with E-state index in [4.69, 9.17) is 4.74 Å². The molecule has 0 aliphatic rings. The van der Waals surface area contributed by atoms with Crippen molar-refractivity contribution in [2.45, 2.75) is 0 Å². The summed E-state index contributed by atoms with van der Waals surface area (Å²) >= 11 is 0. The van der Waals surface area contributed by atoms with Gasteiger partial charge in [0.15, 0.2) is 0 Å². The van der Waals surface area contributed by atoms with Crippen molar-refractivity contribution in [1.82, 2.24) is 9.97 Å². The molecule has 2 heterocycles. The molecule has 0 radical (unpaired) electrons. The standard InChI is InChI=1S/C10H8N2O/c1-2-6-12-10(3-1)13-9-4-7-11-8-5-9/h1-8H. The van der Waals surface area contributed by atoms with Gasteiger partial charge in [-0.15, -0.1) is 0 Å². The maximum absolute atomic E-state index is 5.43. The van der Waals surface area contributed by atoms with Gasteiger partial charge in [-0.2, -0.15) is 0 Å². The zero-order valence-corrected chi connectivity index (χ0v) is 6.92. The van der Waals surface area contributed by atoms with Crippen LogP contribution in [0.4, 0.5) is 0 Å². The molecule has 0 saturated heterocycles. The van der Waals surface area contributed by atoms with E-state index in [0.717, 1.165) is 5.75 Å². The Morgan fingerprint density at radius 1 is 0.923 bits per heavy atom. The van der Waals surface area contributed by atoms with Crippen molar-refractivity contribution in [3.05, 3.63) is 48.9 Å². The molecule has 2 aromatic rings. The average molecular weight is 172 g/mol. The van der Waals surface area contributed by atoms with E-state index in [1.807, 2.05) is 12.1 Å². The number of hydrogen-bond donors (Lipinski definition) is 0. The van der Waals surface area contributed by atoms with Crippen LogP contribution in [-0.4, -0.2) is 9.97 Å². The molecule has 0 bridgehead atoms. The quantitative estimate of drug-likeness (QED) is 0.697. The van der Waals surface area contributed by atoms with E-state index in [9.17, 15) is 0 Å². The first kappa shape index (κ1) is 7.73. The minimum absolute atomic E-state index is 0.591. The summed E-state index contributed by atoms with van der Waals surface area (Å²) in [7, 11) is 0. The molecule has 3 heteroatoms. The Balaban J connectivity index is 2.16. The van der Waals surface area contributed by atoms with Crippen LogP contribution in [0.5, 0.6) is 11.6 Å². The van der Waals surface area contributed by atoms with Gasteiger partial charge < -0.3 is 4.74 Å². The number of hydrogen-bond acceptors (Lipinski definition) is 3. The van der Waals surface area contributed by atoms with Crippen molar-refractivity contribution in [3.63, 3.8) is 0 Å². The lowest BCUT2D eigenvalue weighted by atomic mass is 10.4. The molecule has 0 saturated carbocycles. The normalized spacial score (nSPS) is 9.54. The number of ether oxygens (including phenoxy) is 1. The van der Waals surface area contributed by atoms with E-state index in [1.165, 1.54) is 0 Å². The van der Waals surface area contributed by atoms with Gasteiger partial charge in [-0.1, -0.05) is 6.07 Å². The molecule has 0 atom stereocenters. The first-order chi connectivity index (χ1) is 6.45. The SMILES string of the molecule is c1ccc(Oc2ccncc2)nc1. The minimum Gasteiger partial charge on any atom is -0.439 e. The molecule has 64 valence electrons. The number of nitrogens with zero attached hydrogens (tertiary/aromatic N) is 2. The largest absolute Gasteiger partial charge is 0.439 e. The second-order valence-electron chi connectivity index (χ2n) is 2.45. The molecule has 0 aliphatic carbocycles. The Morgan fingerprint density at radius 3 is 2.46 bits per heavy atom. The summed E-state index contributed by atoms with van der Waals surface area (Å²) in [5.41, 5.74) is 0. The highest BCUT2D eigenvalue weighted by Gasteiger charge is 1.94. The van der Waals surface area contributed by atoms with Crippen LogP contribution in [0.25, 0.3) is 0 Å². The van der Waals surface area contributed by atoms with Crippen LogP contribution in [0.1, 0.15) is 0 Å². The number of aromatic nitrogens is 2. The number of rotatable bonds is 2. The smallest absolute Gasteiger partial charge is 0.219 e. The molecule has 0 aromatic carbocycles. The third-order valence-corrected chi connectivity index (χ3v) is 1.51. The first-order valence-electron chi connectivity index (χ1n) is 3.94. The van der Waals surface area contributed by atoms with Crippen LogP contribution in [0, 0.1) is 0 Å². The van der Waals surface area contributed by atoms with Crippen molar-refractivity contribution in [1.29, 1.82) is 0 Å². The van der Waals surface area contributed by atoms with Gasteiger partial charge in [0.05, 0.1) is 0 Å². The summed E-state index contributed by atoms with van der Waals surface area (Å²) in [4.78, 5) is 7.92. The van der Waals surface area contributed by atoms with Gasteiger partial charge in [-0.25, -0.2) is 4.98 Å². The molecule has 2 aromatic heterocycles. The monoisotopic (exact) mass is 172 g/mol. The van der Waals surface area contributed by atoms with Crippen LogP contribution < -0.4 is 4.74 Å². The minimum atomic E-state index is 0.591. The fourth-order valence-electron chi connectivity index (χ4n) is 0.934. The molecule has 0 fully saturated rings. The Labute approximate surface area is 76.0 Å². The van der Waals surface area contributed by atoms with Crippen molar-refractivity contribution < 1.29 is 4.74 Å².